The summed E-state index contributed by atoms with van der Waals surface area (Å²) in [5.74, 6) is 1.18. The van der Waals surface area contributed by atoms with Crippen LogP contribution in [0.1, 0.15) is 51.4 Å². The van der Waals surface area contributed by atoms with Crippen molar-refractivity contribution in [1.29, 1.82) is 0 Å². The molecule has 3 fully saturated rings. The molecule has 2 heterocycles. The molecule has 4 nitrogen and oxygen atoms in total. The summed E-state index contributed by atoms with van der Waals surface area (Å²) in [4.78, 5) is 13.8. The Morgan fingerprint density at radius 2 is 1.74 bits per heavy atom. The van der Waals surface area contributed by atoms with Gasteiger partial charge in [0.25, 0.3) is 0 Å². The second-order valence-electron chi connectivity index (χ2n) is 8.02. The number of fused-ring (bicyclic) bond motifs is 1. The van der Waals surface area contributed by atoms with E-state index in [1.807, 2.05) is 0 Å². The third kappa shape index (κ3) is 7.59. The highest BCUT2D eigenvalue weighted by Crippen LogP contribution is 2.33. The van der Waals surface area contributed by atoms with E-state index in [1.165, 1.54) is 30.6 Å². The van der Waals surface area contributed by atoms with Gasteiger partial charge in [0.2, 0.25) is 5.91 Å². The first-order valence-corrected chi connectivity index (χ1v) is 9.73. The number of carbonyl (C=O) groups excluding carboxylic acids is 1. The maximum absolute atomic E-state index is 12.4. The Kier molecular flexibility index (Phi) is 10.2. The summed E-state index contributed by atoms with van der Waals surface area (Å²) in [7, 11) is 0. The molecule has 1 aliphatic carbocycles. The van der Waals surface area contributed by atoms with Gasteiger partial charge >= 0.3 is 6.18 Å². The highest BCUT2D eigenvalue weighted by molar-refractivity contribution is 5.85. The average Bonchev–Trinajstić information content (AvgIpc) is 2.99. The largest absolute Gasteiger partial charge is 0.401 e. The molecule has 3 unspecified atom stereocenters. The van der Waals surface area contributed by atoms with Crippen LogP contribution in [0, 0.1) is 11.8 Å². The fourth-order valence-electron chi connectivity index (χ4n) is 4.73. The fourth-order valence-corrected chi connectivity index (χ4v) is 4.73. The number of nitrogens with one attached hydrogen (secondary N) is 2. The molecule has 3 atom stereocenters. The number of rotatable bonds is 5. The summed E-state index contributed by atoms with van der Waals surface area (Å²) in [6.45, 7) is 0.847. The predicted octanol–water partition coefficient (Wildman–Crippen LogP) is 3.53. The van der Waals surface area contributed by atoms with E-state index in [4.69, 9.17) is 0 Å². The van der Waals surface area contributed by atoms with Crippen molar-refractivity contribution in [3.8, 4) is 0 Å². The third-order valence-corrected chi connectivity index (χ3v) is 6.14. The van der Waals surface area contributed by atoms with Crippen LogP contribution in [0.5, 0.6) is 0 Å². The van der Waals surface area contributed by atoms with E-state index in [0.717, 1.165) is 25.7 Å². The highest BCUT2D eigenvalue weighted by Gasteiger charge is 2.38. The number of carbonyl (C=O) groups is 1. The molecular weight excluding hydrogens is 402 g/mol. The van der Waals surface area contributed by atoms with Gasteiger partial charge in [-0.2, -0.15) is 13.2 Å². The minimum absolute atomic E-state index is 0. The minimum Gasteiger partial charge on any atom is -0.355 e. The minimum atomic E-state index is -4.10. The van der Waals surface area contributed by atoms with E-state index in [-0.39, 0.29) is 36.8 Å². The molecule has 3 aliphatic rings. The lowest BCUT2D eigenvalue weighted by atomic mass is 9.85. The van der Waals surface area contributed by atoms with Gasteiger partial charge in [-0.1, -0.05) is 12.8 Å². The van der Waals surface area contributed by atoms with Gasteiger partial charge in [-0.25, -0.2) is 0 Å². The van der Waals surface area contributed by atoms with Crippen molar-refractivity contribution in [3.63, 3.8) is 0 Å². The van der Waals surface area contributed by atoms with Gasteiger partial charge in [0, 0.05) is 12.6 Å². The Bertz CT molecular complexity index is 446. The maximum atomic E-state index is 12.4. The van der Waals surface area contributed by atoms with Crippen LogP contribution in [0.15, 0.2) is 0 Å². The van der Waals surface area contributed by atoms with Crippen LogP contribution in [0.4, 0.5) is 13.2 Å². The lowest BCUT2D eigenvalue weighted by Gasteiger charge is -2.32. The number of piperidine rings is 1. The smallest absolute Gasteiger partial charge is 0.355 e. The number of hydrogen-bond donors (Lipinski definition) is 2. The van der Waals surface area contributed by atoms with E-state index in [2.05, 4.69) is 10.6 Å². The second-order valence-corrected chi connectivity index (χ2v) is 8.02. The van der Waals surface area contributed by atoms with Crippen molar-refractivity contribution in [2.75, 3.05) is 26.2 Å². The van der Waals surface area contributed by atoms with Crippen molar-refractivity contribution in [2.24, 2.45) is 11.8 Å². The molecule has 0 aromatic carbocycles. The van der Waals surface area contributed by atoms with E-state index in [0.29, 0.717) is 37.5 Å². The standard InChI is InChI=1S/C18H30F3N3O.2ClH/c19-18(20,21)12-24-9-6-13(7-10-24)5-8-22-17(25)16-11-14-3-1-2-4-15(14)23-16;;/h13-16,23H,1-12H2,(H,22,25);2*1H. The van der Waals surface area contributed by atoms with Crippen LogP contribution in [0.3, 0.4) is 0 Å². The lowest BCUT2D eigenvalue weighted by Crippen LogP contribution is -2.44. The Morgan fingerprint density at radius 3 is 2.37 bits per heavy atom. The van der Waals surface area contributed by atoms with Crippen molar-refractivity contribution in [2.45, 2.75) is 69.6 Å². The van der Waals surface area contributed by atoms with Crippen LogP contribution in [0.2, 0.25) is 0 Å². The zero-order valence-corrected chi connectivity index (χ0v) is 17.2. The summed E-state index contributed by atoms with van der Waals surface area (Å²) >= 11 is 0. The van der Waals surface area contributed by atoms with E-state index in [9.17, 15) is 18.0 Å². The molecule has 9 heteroatoms. The molecule has 0 spiro atoms. The van der Waals surface area contributed by atoms with Crippen molar-refractivity contribution in [1.82, 2.24) is 15.5 Å². The molecule has 1 saturated carbocycles. The molecule has 27 heavy (non-hydrogen) atoms. The maximum Gasteiger partial charge on any atom is 0.401 e. The van der Waals surface area contributed by atoms with Gasteiger partial charge in [-0.15, -0.1) is 24.8 Å². The number of likely N-dealkylation sites (tertiary alicyclic amines) is 1. The SMILES string of the molecule is Cl.Cl.O=C(NCCC1CCN(CC(F)(F)F)CC1)C1CC2CCCCC2N1. The molecule has 2 N–H and O–H groups in total. The molecule has 3 rings (SSSR count). The number of alkyl halides is 3. The first kappa shape index (κ1) is 24.8. The van der Waals surface area contributed by atoms with Gasteiger partial charge in [-0.05, 0) is 63.5 Å². The van der Waals surface area contributed by atoms with Crippen molar-refractivity contribution >= 4 is 30.7 Å². The summed E-state index contributed by atoms with van der Waals surface area (Å²) in [5.41, 5.74) is 0. The molecule has 1 amide bonds. The molecule has 0 aromatic heterocycles. The third-order valence-electron chi connectivity index (χ3n) is 6.14. The van der Waals surface area contributed by atoms with Crippen LogP contribution in [-0.4, -0.2) is 55.2 Å². The Labute approximate surface area is 172 Å². The molecule has 2 saturated heterocycles. The molecular formula is C18H32Cl2F3N3O. The normalized spacial score (nSPS) is 29.4. The summed E-state index contributed by atoms with van der Waals surface area (Å²) < 4.78 is 37.2. The molecule has 160 valence electrons. The second kappa shape index (κ2) is 11.1. The topological polar surface area (TPSA) is 44.4 Å². The van der Waals surface area contributed by atoms with Crippen molar-refractivity contribution in [3.05, 3.63) is 0 Å². The lowest BCUT2D eigenvalue weighted by molar-refractivity contribution is -0.148. The number of hydrogen-bond acceptors (Lipinski definition) is 3. The van der Waals surface area contributed by atoms with E-state index >= 15 is 0 Å². The molecule has 0 radical (unpaired) electrons. The van der Waals surface area contributed by atoms with Crippen LogP contribution < -0.4 is 10.6 Å². The highest BCUT2D eigenvalue weighted by atomic mass is 35.5. The van der Waals surface area contributed by atoms with Crippen LogP contribution >= 0.6 is 24.8 Å². The Hall–Kier alpha value is -0.240. The Balaban J connectivity index is 0.00000182. The van der Waals surface area contributed by atoms with Gasteiger partial charge in [0.1, 0.15) is 0 Å². The Morgan fingerprint density at radius 1 is 1.07 bits per heavy atom. The quantitative estimate of drug-likeness (QED) is 0.696. The first-order valence-electron chi connectivity index (χ1n) is 9.73. The molecule has 0 bridgehead atoms. The summed E-state index contributed by atoms with van der Waals surface area (Å²) in [5, 5.41) is 6.52. The number of nitrogens with zero attached hydrogens (tertiary/aromatic N) is 1. The van der Waals surface area contributed by atoms with Crippen LogP contribution in [-0.2, 0) is 4.79 Å². The molecule has 2 aliphatic heterocycles. The monoisotopic (exact) mass is 433 g/mol. The van der Waals surface area contributed by atoms with Crippen molar-refractivity contribution < 1.29 is 18.0 Å². The van der Waals surface area contributed by atoms with Gasteiger partial charge in [-0.3, -0.25) is 9.69 Å². The van der Waals surface area contributed by atoms with E-state index < -0.39 is 12.7 Å². The summed E-state index contributed by atoms with van der Waals surface area (Å²) in [6.07, 6.45) is 4.25. The first-order chi connectivity index (χ1) is 11.9. The van der Waals surface area contributed by atoms with E-state index in [1.54, 1.807) is 0 Å². The summed E-state index contributed by atoms with van der Waals surface area (Å²) in [6, 6.07) is 0.462. The van der Waals surface area contributed by atoms with Gasteiger partial charge < -0.3 is 10.6 Å². The van der Waals surface area contributed by atoms with Gasteiger partial charge in [0.15, 0.2) is 0 Å². The number of amides is 1. The fraction of sp³-hybridized carbons (Fsp3) is 0.944. The zero-order valence-electron chi connectivity index (χ0n) is 15.6. The molecule has 0 aromatic rings. The average molecular weight is 434 g/mol. The zero-order chi connectivity index (χ0) is 17.9. The predicted molar refractivity (Wildman–Crippen MR) is 105 cm³/mol. The van der Waals surface area contributed by atoms with Gasteiger partial charge in [0.05, 0.1) is 12.6 Å². The van der Waals surface area contributed by atoms with Crippen LogP contribution in [0.25, 0.3) is 0 Å². The number of halogens is 5.